The molecule has 0 aliphatic rings. The molecule has 0 rings (SSSR count). The number of nitrogens with two attached hydrogens (primary N) is 1. The Hall–Kier alpha value is -0.780. The summed E-state index contributed by atoms with van der Waals surface area (Å²) in [5.74, 6) is 0. The van der Waals surface area contributed by atoms with Gasteiger partial charge in [0.25, 0.3) is 0 Å². The number of amides is 2. The standard InChI is InChI=1S/C3H8N2O3S/c1-2-5(3(4)6)9(7)8/h9H,2H2,1H3,(H2,4,6). The third-order valence-electron chi connectivity index (χ3n) is 0.751. The second-order valence-corrected chi connectivity index (χ2v) is 2.25. The summed E-state index contributed by atoms with van der Waals surface area (Å²) in [6, 6.07) is -0.936. The molecule has 2 N–H and O–H groups in total. The molecule has 0 heterocycles. The minimum atomic E-state index is -2.84. The predicted octanol–water partition coefficient (Wildman–Crippen LogP) is -1.09. The van der Waals surface area contributed by atoms with Crippen molar-refractivity contribution in [3.63, 3.8) is 0 Å². The van der Waals surface area contributed by atoms with Crippen molar-refractivity contribution in [3.8, 4) is 0 Å². The maximum Gasteiger partial charge on any atom is 0.328 e. The number of carbonyl (C=O) groups is 1. The van der Waals surface area contributed by atoms with E-state index in [1.165, 1.54) is 6.92 Å². The molecule has 0 spiro atoms. The van der Waals surface area contributed by atoms with Gasteiger partial charge in [0.15, 0.2) is 0 Å². The van der Waals surface area contributed by atoms with Gasteiger partial charge in [0.1, 0.15) is 0 Å². The zero-order valence-electron chi connectivity index (χ0n) is 4.90. The molecule has 0 bridgehead atoms. The summed E-state index contributed by atoms with van der Waals surface area (Å²) in [6.45, 7) is 1.62. The lowest BCUT2D eigenvalue weighted by Crippen LogP contribution is -2.33. The molecule has 0 aliphatic heterocycles. The van der Waals surface area contributed by atoms with Crippen LogP contribution in [0.3, 0.4) is 0 Å². The molecule has 6 heteroatoms. The Bertz CT molecular complexity index is 168. The van der Waals surface area contributed by atoms with E-state index in [0.29, 0.717) is 4.31 Å². The number of carbonyl (C=O) groups excluding carboxylic acids is 1. The summed E-state index contributed by atoms with van der Waals surface area (Å²) in [5.41, 5.74) is 4.65. The predicted molar refractivity (Wildman–Crippen MR) is 32.3 cm³/mol. The Morgan fingerprint density at radius 3 is 2.11 bits per heavy atom. The molecule has 2 amide bonds. The van der Waals surface area contributed by atoms with Crippen molar-refractivity contribution in [3.05, 3.63) is 0 Å². The molecular formula is C3H8N2O3S. The van der Waals surface area contributed by atoms with E-state index in [1.54, 1.807) is 0 Å². The van der Waals surface area contributed by atoms with Crippen LogP contribution >= 0.6 is 0 Å². The fraction of sp³-hybridized carbons (Fsp3) is 0.667. The van der Waals surface area contributed by atoms with Crippen LogP contribution in [0.15, 0.2) is 0 Å². The Morgan fingerprint density at radius 1 is 1.67 bits per heavy atom. The van der Waals surface area contributed by atoms with E-state index in [1.807, 2.05) is 0 Å². The van der Waals surface area contributed by atoms with E-state index in [2.05, 4.69) is 5.73 Å². The van der Waals surface area contributed by atoms with Crippen molar-refractivity contribution in [1.82, 2.24) is 4.31 Å². The molecule has 0 aliphatic carbocycles. The van der Waals surface area contributed by atoms with Gasteiger partial charge in [-0.25, -0.2) is 17.5 Å². The number of hydrogen-bond donors (Lipinski definition) is 2. The maximum atomic E-state index is 10.1. The zero-order valence-corrected chi connectivity index (χ0v) is 5.80. The number of primary amides is 1. The van der Waals surface area contributed by atoms with Gasteiger partial charge in [0.2, 0.25) is 10.9 Å². The van der Waals surface area contributed by atoms with E-state index in [-0.39, 0.29) is 6.54 Å². The highest BCUT2D eigenvalue weighted by Crippen LogP contribution is 1.83. The molecule has 0 atom stereocenters. The quantitative estimate of drug-likeness (QED) is 0.493. The Labute approximate surface area is 54.5 Å². The summed E-state index contributed by atoms with van der Waals surface area (Å²) < 4.78 is 20.6. The van der Waals surface area contributed by atoms with Gasteiger partial charge < -0.3 is 5.73 Å². The van der Waals surface area contributed by atoms with Crippen molar-refractivity contribution in [2.75, 3.05) is 6.54 Å². The average molecular weight is 152 g/mol. The first-order chi connectivity index (χ1) is 4.09. The van der Waals surface area contributed by atoms with Crippen LogP contribution in [0.2, 0.25) is 0 Å². The molecular weight excluding hydrogens is 144 g/mol. The van der Waals surface area contributed by atoms with Gasteiger partial charge in [0, 0.05) is 6.54 Å². The molecule has 54 valence electrons. The van der Waals surface area contributed by atoms with Gasteiger partial charge in [-0.15, -0.1) is 0 Å². The van der Waals surface area contributed by atoms with Gasteiger partial charge in [-0.1, -0.05) is 0 Å². The molecule has 0 aromatic rings. The summed E-state index contributed by atoms with van der Waals surface area (Å²) >= 11 is 0. The van der Waals surface area contributed by atoms with Crippen molar-refractivity contribution < 1.29 is 13.2 Å². The largest absolute Gasteiger partial charge is 0.351 e. The number of thiol groups is 1. The second-order valence-electron chi connectivity index (χ2n) is 1.29. The first kappa shape index (κ1) is 8.22. The van der Waals surface area contributed by atoms with Crippen LogP contribution in [0, 0.1) is 0 Å². The van der Waals surface area contributed by atoms with Gasteiger partial charge >= 0.3 is 6.03 Å². The smallest absolute Gasteiger partial charge is 0.328 e. The maximum absolute atomic E-state index is 10.1. The van der Waals surface area contributed by atoms with Crippen LogP contribution in [0.4, 0.5) is 4.79 Å². The topological polar surface area (TPSA) is 80.5 Å². The summed E-state index contributed by atoms with van der Waals surface area (Å²) in [7, 11) is -2.84. The SMILES string of the molecule is CCN(C(N)=O)[SH](=O)=O. The minimum Gasteiger partial charge on any atom is -0.351 e. The lowest BCUT2D eigenvalue weighted by Gasteiger charge is -2.07. The second kappa shape index (κ2) is 3.29. The third-order valence-corrected chi connectivity index (χ3v) is 1.63. The molecule has 0 fully saturated rings. The Kier molecular flexibility index (Phi) is 3.00. The Morgan fingerprint density at radius 2 is 2.11 bits per heavy atom. The van der Waals surface area contributed by atoms with E-state index in [4.69, 9.17) is 0 Å². The van der Waals surface area contributed by atoms with Crippen molar-refractivity contribution in [1.29, 1.82) is 0 Å². The molecule has 0 saturated heterocycles. The van der Waals surface area contributed by atoms with E-state index >= 15 is 0 Å². The minimum absolute atomic E-state index is 0.0913. The normalized spacial score (nSPS) is 9.56. The first-order valence-electron chi connectivity index (χ1n) is 2.30. The van der Waals surface area contributed by atoms with Crippen molar-refractivity contribution >= 4 is 16.9 Å². The number of hydrogen-bond acceptors (Lipinski definition) is 3. The fourth-order valence-electron chi connectivity index (χ4n) is 0.352. The van der Waals surface area contributed by atoms with Gasteiger partial charge in [-0.05, 0) is 6.92 Å². The van der Waals surface area contributed by atoms with Crippen LogP contribution in [-0.4, -0.2) is 25.3 Å². The van der Waals surface area contributed by atoms with E-state index < -0.39 is 16.9 Å². The van der Waals surface area contributed by atoms with Crippen LogP contribution in [-0.2, 0) is 10.9 Å². The monoisotopic (exact) mass is 152 g/mol. The summed E-state index contributed by atoms with van der Waals surface area (Å²) in [5, 5.41) is 0. The Balaban J connectivity index is 4.16. The molecule has 0 saturated carbocycles. The highest BCUT2D eigenvalue weighted by Gasteiger charge is 2.06. The zero-order chi connectivity index (χ0) is 7.44. The third kappa shape index (κ3) is 2.31. The number of rotatable bonds is 2. The molecule has 0 unspecified atom stereocenters. The molecule has 5 nitrogen and oxygen atoms in total. The molecule has 0 aromatic heterocycles. The highest BCUT2D eigenvalue weighted by atomic mass is 32.2. The van der Waals surface area contributed by atoms with Crippen LogP contribution < -0.4 is 5.73 Å². The van der Waals surface area contributed by atoms with Crippen LogP contribution in [0.1, 0.15) is 6.92 Å². The molecule has 9 heavy (non-hydrogen) atoms. The lowest BCUT2D eigenvalue weighted by atomic mass is 10.7. The number of nitrogens with zero attached hydrogens (tertiary/aromatic N) is 1. The van der Waals surface area contributed by atoms with Crippen molar-refractivity contribution in [2.45, 2.75) is 6.92 Å². The fourth-order valence-corrected chi connectivity index (χ4v) is 0.744. The average Bonchev–Trinajstić information content (AvgIpc) is 1.64. The molecule has 0 radical (unpaired) electrons. The van der Waals surface area contributed by atoms with Gasteiger partial charge in [0.05, 0.1) is 0 Å². The van der Waals surface area contributed by atoms with E-state index in [0.717, 1.165) is 0 Å². The first-order valence-corrected chi connectivity index (χ1v) is 3.44. The lowest BCUT2D eigenvalue weighted by molar-refractivity contribution is 0.234. The van der Waals surface area contributed by atoms with Crippen LogP contribution in [0.5, 0.6) is 0 Å². The highest BCUT2D eigenvalue weighted by molar-refractivity contribution is 7.70. The van der Waals surface area contributed by atoms with Gasteiger partial charge in [-0.3, -0.25) is 0 Å². The molecule has 0 aromatic carbocycles. The van der Waals surface area contributed by atoms with Gasteiger partial charge in [-0.2, -0.15) is 0 Å². The number of urea groups is 1. The summed E-state index contributed by atoms with van der Waals surface area (Å²) in [6.07, 6.45) is 0. The van der Waals surface area contributed by atoms with Crippen molar-refractivity contribution in [2.24, 2.45) is 5.73 Å². The summed E-state index contributed by atoms with van der Waals surface area (Å²) in [4.78, 5) is 10.1. The van der Waals surface area contributed by atoms with E-state index in [9.17, 15) is 13.2 Å². The van der Waals surface area contributed by atoms with Crippen LogP contribution in [0.25, 0.3) is 0 Å².